The summed E-state index contributed by atoms with van der Waals surface area (Å²) in [6.45, 7) is -3.14. The van der Waals surface area contributed by atoms with E-state index in [1.807, 2.05) is 0 Å². The topological polar surface area (TPSA) is 90.7 Å². The minimum absolute atomic E-state index is 0.236. The molecule has 0 aliphatic heterocycles. The minimum atomic E-state index is -3.14. The van der Waals surface area contributed by atoms with Gasteiger partial charge in [0.1, 0.15) is 11.5 Å². The van der Waals surface area contributed by atoms with Crippen molar-refractivity contribution < 1.29 is 28.0 Å². The predicted octanol–water partition coefficient (Wildman–Crippen LogP) is 3.86. The fourth-order valence-corrected chi connectivity index (χ4v) is 2.02. The molecule has 0 heterocycles. The Morgan fingerprint density at radius 2 is 2.04 bits per heavy atom. The van der Waals surface area contributed by atoms with Crippen LogP contribution in [0.25, 0.3) is 6.08 Å². The number of nitrogens with zero attached hydrogens (tertiary/aromatic N) is 1. The van der Waals surface area contributed by atoms with E-state index in [2.05, 4.69) is 10.1 Å². The molecule has 0 aliphatic rings. The molecule has 0 spiro atoms. The third-order valence-electron chi connectivity index (χ3n) is 3.17. The van der Waals surface area contributed by atoms with Gasteiger partial charge in [0.15, 0.2) is 0 Å². The lowest BCUT2D eigenvalue weighted by atomic mass is 10.2. The maximum Gasteiger partial charge on any atom is 0.387 e. The number of amides is 1. The molecule has 136 valence electrons. The molecule has 26 heavy (non-hydrogen) atoms. The summed E-state index contributed by atoms with van der Waals surface area (Å²) in [6.07, 6.45) is 2.63. The van der Waals surface area contributed by atoms with Crippen molar-refractivity contribution in [1.29, 1.82) is 0 Å². The van der Waals surface area contributed by atoms with Gasteiger partial charge in [0.25, 0.3) is 5.69 Å². The van der Waals surface area contributed by atoms with Gasteiger partial charge in [-0.15, -0.1) is 0 Å². The first-order valence-electron chi connectivity index (χ1n) is 7.25. The van der Waals surface area contributed by atoms with E-state index in [0.717, 1.165) is 24.3 Å². The van der Waals surface area contributed by atoms with Crippen LogP contribution in [-0.4, -0.2) is 24.6 Å². The summed E-state index contributed by atoms with van der Waals surface area (Å²) in [5, 5.41) is 13.1. The monoisotopic (exact) mass is 364 g/mol. The van der Waals surface area contributed by atoms with Gasteiger partial charge in [0, 0.05) is 18.2 Å². The Labute approximate surface area is 147 Å². The number of nitro benzene ring substituents is 1. The first-order valence-corrected chi connectivity index (χ1v) is 7.25. The largest absolute Gasteiger partial charge is 0.497 e. The van der Waals surface area contributed by atoms with E-state index >= 15 is 0 Å². The van der Waals surface area contributed by atoms with Crippen molar-refractivity contribution in [2.45, 2.75) is 6.61 Å². The molecule has 9 heteroatoms. The Balaban J connectivity index is 2.19. The molecule has 0 unspecified atom stereocenters. The zero-order valence-electron chi connectivity index (χ0n) is 13.5. The molecule has 0 atom stereocenters. The second-order valence-electron chi connectivity index (χ2n) is 4.92. The number of anilines is 1. The van der Waals surface area contributed by atoms with Crippen molar-refractivity contribution in [1.82, 2.24) is 0 Å². The van der Waals surface area contributed by atoms with Crippen molar-refractivity contribution in [3.05, 3.63) is 64.2 Å². The Morgan fingerprint density at radius 1 is 1.27 bits per heavy atom. The van der Waals surface area contributed by atoms with Gasteiger partial charge in [-0.2, -0.15) is 8.78 Å². The highest BCUT2D eigenvalue weighted by molar-refractivity contribution is 6.03. The molecule has 0 bridgehead atoms. The van der Waals surface area contributed by atoms with E-state index in [4.69, 9.17) is 4.74 Å². The van der Waals surface area contributed by atoms with E-state index in [-0.39, 0.29) is 17.1 Å². The molecule has 2 aromatic carbocycles. The number of halogens is 2. The number of benzene rings is 2. The van der Waals surface area contributed by atoms with Crippen LogP contribution in [0.4, 0.5) is 20.2 Å². The van der Waals surface area contributed by atoms with Crippen LogP contribution < -0.4 is 14.8 Å². The molecule has 0 aromatic heterocycles. The number of carbonyl (C=O) groups is 1. The van der Waals surface area contributed by atoms with Gasteiger partial charge in [0.05, 0.1) is 17.7 Å². The van der Waals surface area contributed by atoms with Gasteiger partial charge < -0.3 is 14.8 Å². The summed E-state index contributed by atoms with van der Waals surface area (Å²) >= 11 is 0. The molecule has 1 amide bonds. The van der Waals surface area contributed by atoms with Gasteiger partial charge in [-0.3, -0.25) is 14.9 Å². The fourth-order valence-electron chi connectivity index (χ4n) is 2.02. The van der Waals surface area contributed by atoms with Crippen molar-refractivity contribution in [3.8, 4) is 11.5 Å². The number of hydrogen-bond donors (Lipinski definition) is 1. The molecule has 0 radical (unpaired) electrons. The number of nitrogens with one attached hydrogen (secondary N) is 1. The van der Waals surface area contributed by atoms with Gasteiger partial charge in [0.2, 0.25) is 5.91 Å². The minimum Gasteiger partial charge on any atom is -0.497 e. The van der Waals surface area contributed by atoms with Crippen LogP contribution in [0.3, 0.4) is 0 Å². The summed E-state index contributed by atoms with van der Waals surface area (Å²) in [7, 11) is 1.50. The summed E-state index contributed by atoms with van der Waals surface area (Å²) in [6, 6.07) is 9.80. The Bertz CT molecular complexity index is 840. The van der Waals surface area contributed by atoms with Crippen LogP contribution in [0.5, 0.6) is 11.5 Å². The Morgan fingerprint density at radius 3 is 2.69 bits per heavy atom. The first-order chi connectivity index (χ1) is 12.4. The number of carbonyl (C=O) groups excluding carboxylic acids is 1. The lowest BCUT2D eigenvalue weighted by Gasteiger charge is -2.10. The number of ether oxygens (including phenoxy) is 2. The highest BCUT2D eigenvalue weighted by Gasteiger charge is 2.16. The van der Waals surface area contributed by atoms with E-state index < -0.39 is 17.4 Å². The van der Waals surface area contributed by atoms with Gasteiger partial charge in [-0.1, -0.05) is 12.1 Å². The lowest BCUT2D eigenvalue weighted by molar-refractivity contribution is -0.384. The average Bonchev–Trinajstić information content (AvgIpc) is 2.61. The molecule has 0 aliphatic carbocycles. The van der Waals surface area contributed by atoms with E-state index in [1.54, 1.807) is 24.3 Å². The number of non-ortho nitro benzene ring substituents is 1. The maximum absolute atomic E-state index is 12.4. The van der Waals surface area contributed by atoms with Crippen molar-refractivity contribution in [2.75, 3.05) is 12.4 Å². The second-order valence-corrected chi connectivity index (χ2v) is 4.92. The van der Waals surface area contributed by atoms with Gasteiger partial charge in [-0.25, -0.2) is 0 Å². The SMILES string of the molecule is COc1cccc(C=CC(=O)Nc2cc([N+](=O)[O-])ccc2OC(F)F)c1. The Kier molecular flexibility index (Phi) is 6.20. The van der Waals surface area contributed by atoms with Crippen molar-refractivity contribution in [2.24, 2.45) is 0 Å². The second kappa shape index (κ2) is 8.56. The summed E-state index contributed by atoms with van der Waals surface area (Å²) < 4.78 is 34.2. The zero-order valence-corrected chi connectivity index (χ0v) is 13.5. The van der Waals surface area contributed by atoms with Crippen molar-refractivity contribution in [3.63, 3.8) is 0 Å². The number of nitro groups is 1. The lowest BCUT2D eigenvalue weighted by Crippen LogP contribution is -2.11. The van der Waals surface area contributed by atoms with Crippen LogP contribution in [-0.2, 0) is 4.79 Å². The molecule has 2 aromatic rings. The zero-order chi connectivity index (χ0) is 19.1. The first kappa shape index (κ1) is 18.8. The van der Waals surface area contributed by atoms with E-state index in [1.165, 1.54) is 13.2 Å². The Hall–Kier alpha value is -3.49. The van der Waals surface area contributed by atoms with Crippen LogP contribution in [0.2, 0.25) is 0 Å². The van der Waals surface area contributed by atoms with Crippen LogP contribution >= 0.6 is 0 Å². The highest BCUT2D eigenvalue weighted by atomic mass is 19.3. The van der Waals surface area contributed by atoms with Crippen molar-refractivity contribution >= 4 is 23.4 Å². The highest BCUT2D eigenvalue weighted by Crippen LogP contribution is 2.30. The molecular formula is C17H14F2N2O5. The number of hydrogen-bond acceptors (Lipinski definition) is 5. The quantitative estimate of drug-likeness (QED) is 0.458. The van der Waals surface area contributed by atoms with E-state index in [9.17, 15) is 23.7 Å². The standard InChI is InChI=1S/C17H14F2N2O5/c1-25-13-4-2-3-11(9-13)5-8-16(22)20-14-10-12(21(23)24)6-7-15(14)26-17(18)19/h2-10,17H,1H3,(H,20,22). The summed E-state index contributed by atoms with van der Waals surface area (Å²) in [5.41, 5.74) is 0.0566. The fraction of sp³-hybridized carbons (Fsp3) is 0.118. The number of methoxy groups -OCH3 is 1. The third kappa shape index (κ3) is 5.26. The molecule has 2 rings (SSSR count). The van der Waals surface area contributed by atoms with Crippen LogP contribution in [0, 0.1) is 10.1 Å². The van der Waals surface area contributed by atoms with Gasteiger partial charge >= 0.3 is 6.61 Å². The van der Waals surface area contributed by atoms with Crippen LogP contribution in [0.1, 0.15) is 5.56 Å². The molecular weight excluding hydrogens is 350 g/mol. The van der Waals surface area contributed by atoms with Gasteiger partial charge in [-0.05, 0) is 29.8 Å². The molecule has 0 saturated carbocycles. The predicted molar refractivity (Wildman–Crippen MR) is 90.4 cm³/mol. The smallest absolute Gasteiger partial charge is 0.387 e. The third-order valence-corrected chi connectivity index (χ3v) is 3.17. The average molecular weight is 364 g/mol. The molecule has 0 saturated heterocycles. The molecule has 0 fully saturated rings. The summed E-state index contributed by atoms with van der Waals surface area (Å²) in [4.78, 5) is 22.1. The van der Waals surface area contributed by atoms with Crippen LogP contribution in [0.15, 0.2) is 48.5 Å². The maximum atomic E-state index is 12.4. The van der Waals surface area contributed by atoms with E-state index in [0.29, 0.717) is 11.3 Å². The number of alkyl halides is 2. The number of rotatable bonds is 7. The molecule has 1 N–H and O–H groups in total. The molecule has 7 nitrogen and oxygen atoms in total. The summed E-state index contributed by atoms with van der Waals surface area (Å²) in [5.74, 6) is -0.458. The normalized spacial score (nSPS) is 10.8.